The van der Waals surface area contributed by atoms with Crippen molar-refractivity contribution in [3.05, 3.63) is 51.9 Å². The van der Waals surface area contributed by atoms with Crippen LogP contribution in [-0.4, -0.2) is 6.54 Å². The number of hydrogen-bond donors (Lipinski definition) is 1. The molecule has 0 aliphatic rings. The van der Waals surface area contributed by atoms with E-state index in [1.54, 1.807) is 0 Å². The molecular weight excluding hydrogens is 286 g/mol. The minimum absolute atomic E-state index is 0.387. The van der Waals surface area contributed by atoms with Gasteiger partial charge in [-0.25, -0.2) is 0 Å². The number of halogens is 1. The van der Waals surface area contributed by atoms with Crippen molar-refractivity contribution in [2.45, 2.75) is 40.3 Å². The summed E-state index contributed by atoms with van der Waals surface area (Å²) < 4.78 is 11.5. The monoisotopic (exact) mass is 307 g/mol. The van der Waals surface area contributed by atoms with E-state index in [2.05, 4.69) is 12.2 Å². The highest BCUT2D eigenvalue weighted by Crippen LogP contribution is 2.26. The van der Waals surface area contributed by atoms with Crippen LogP contribution in [0.1, 0.15) is 36.0 Å². The van der Waals surface area contributed by atoms with Crippen molar-refractivity contribution in [1.29, 1.82) is 0 Å². The largest absolute Gasteiger partial charge is 0.484 e. The molecule has 2 rings (SSSR count). The maximum Gasteiger partial charge on any atom is 0.146 e. The van der Waals surface area contributed by atoms with Gasteiger partial charge in [-0.2, -0.15) is 0 Å². The molecule has 0 saturated heterocycles. The second-order valence-corrected chi connectivity index (χ2v) is 5.60. The quantitative estimate of drug-likeness (QED) is 0.757. The summed E-state index contributed by atoms with van der Waals surface area (Å²) in [5, 5.41) is 3.99. The lowest BCUT2D eigenvalue weighted by Gasteiger charge is -2.07. The van der Waals surface area contributed by atoms with Crippen LogP contribution in [-0.2, 0) is 13.2 Å². The Morgan fingerprint density at radius 2 is 2.05 bits per heavy atom. The summed E-state index contributed by atoms with van der Waals surface area (Å²) in [6, 6.07) is 7.78. The molecule has 1 aromatic heterocycles. The Bertz CT molecular complexity index is 592. The fourth-order valence-electron chi connectivity index (χ4n) is 2.10. The molecular formula is C17H22ClNO2. The highest BCUT2D eigenvalue weighted by molar-refractivity contribution is 6.32. The SMILES string of the molecule is CCCNCc1cc(COc2cc(C)ccc2Cl)oc1C. The Hall–Kier alpha value is -1.45. The van der Waals surface area contributed by atoms with Crippen LogP contribution < -0.4 is 10.1 Å². The van der Waals surface area contributed by atoms with Crippen LogP contribution in [0.4, 0.5) is 0 Å². The van der Waals surface area contributed by atoms with Crippen LogP contribution in [0.3, 0.4) is 0 Å². The van der Waals surface area contributed by atoms with Gasteiger partial charge in [0.2, 0.25) is 0 Å². The molecule has 0 unspecified atom stereocenters. The minimum Gasteiger partial charge on any atom is -0.484 e. The van der Waals surface area contributed by atoms with Crippen molar-refractivity contribution >= 4 is 11.6 Å². The van der Waals surface area contributed by atoms with Gasteiger partial charge in [0.15, 0.2) is 0 Å². The van der Waals surface area contributed by atoms with E-state index in [9.17, 15) is 0 Å². The Balaban J connectivity index is 1.97. The van der Waals surface area contributed by atoms with Crippen molar-refractivity contribution in [2.24, 2.45) is 0 Å². The van der Waals surface area contributed by atoms with Gasteiger partial charge in [0.1, 0.15) is 23.9 Å². The van der Waals surface area contributed by atoms with Gasteiger partial charge in [-0.05, 0) is 50.6 Å². The molecule has 0 bridgehead atoms. The number of rotatable bonds is 7. The van der Waals surface area contributed by atoms with Crippen molar-refractivity contribution in [3.63, 3.8) is 0 Å². The van der Waals surface area contributed by atoms with Gasteiger partial charge in [-0.3, -0.25) is 0 Å². The lowest BCUT2D eigenvalue weighted by atomic mass is 10.2. The summed E-state index contributed by atoms with van der Waals surface area (Å²) in [6.45, 7) is 8.37. The maximum absolute atomic E-state index is 6.12. The van der Waals surface area contributed by atoms with Gasteiger partial charge in [0.05, 0.1) is 5.02 Å². The van der Waals surface area contributed by atoms with Crippen molar-refractivity contribution < 1.29 is 9.15 Å². The van der Waals surface area contributed by atoms with Gasteiger partial charge in [0, 0.05) is 12.1 Å². The van der Waals surface area contributed by atoms with E-state index in [1.165, 1.54) is 5.56 Å². The number of furan rings is 1. The van der Waals surface area contributed by atoms with Crippen LogP contribution in [0, 0.1) is 13.8 Å². The topological polar surface area (TPSA) is 34.4 Å². The number of nitrogens with one attached hydrogen (secondary N) is 1. The number of benzene rings is 1. The van der Waals surface area contributed by atoms with E-state index in [0.717, 1.165) is 36.6 Å². The van der Waals surface area contributed by atoms with Gasteiger partial charge >= 0.3 is 0 Å². The second kappa shape index (κ2) is 7.53. The minimum atomic E-state index is 0.387. The molecule has 0 radical (unpaired) electrons. The zero-order chi connectivity index (χ0) is 15.2. The first-order valence-corrected chi connectivity index (χ1v) is 7.65. The van der Waals surface area contributed by atoms with Crippen LogP contribution in [0.25, 0.3) is 0 Å². The number of ether oxygens (including phenoxy) is 1. The molecule has 0 amide bonds. The zero-order valence-corrected chi connectivity index (χ0v) is 13.6. The molecule has 114 valence electrons. The van der Waals surface area contributed by atoms with Crippen molar-refractivity contribution in [3.8, 4) is 5.75 Å². The third-order valence-electron chi connectivity index (χ3n) is 3.27. The molecule has 4 heteroatoms. The Morgan fingerprint density at radius 1 is 1.24 bits per heavy atom. The van der Waals surface area contributed by atoms with Crippen LogP contribution in [0.2, 0.25) is 5.02 Å². The lowest BCUT2D eigenvalue weighted by molar-refractivity contribution is 0.267. The molecule has 3 nitrogen and oxygen atoms in total. The highest BCUT2D eigenvalue weighted by atomic mass is 35.5. The van der Waals surface area contributed by atoms with Crippen molar-refractivity contribution in [2.75, 3.05) is 6.54 Å². The Kier molecular flexibility index (Phi) is 5.71. The van der Waals surface area contributed by atoms with E-state index in [0.29, 0.717) is 17.4 Å². The standard InChI is InChI=1S/C17H22ClNO2/c1-4-7-19-10-14-9-15(21-13(14)3)11-20-17-8-12(2)5-6-16(17)18/h5-6,8-9,19H,4,7,10-11H2,1-3H3. The first-order valence-electron chi connectivity index (χ1n) is 7.28. The van der Waals surface area contributed by atoms with E-state index in [1.807, 2.05) is 38.1 Å². The van der Waals surface area contributed by atoms with E-state index >= 15 is 0 Å². The van der Waals surface area contributed by atoms with Gasteiger partial charge in [-0.1, -0.05) is 24.6 Å². The Labute approximate surface area is 131 Å². The van der Waals surface area contributed by atoms with Gasteiger partial charge in [0.25, 0.3) is 0 Å². The van der Waals surface area contributed by atoms with Crippen molar-refractivity contribution in [1.82, 2.24) is 5.32 Å². The fourth-order valence-corrected chi connectivity index (χ4v) is 2.28. The summed E-state index contributed by atoms with van der Waals surface area (Å²) in [5.74, 6) is 2.45. The number of aryl methyl sites for hydroxylation is 2. The third kappa shape index (κ3) is 4.51. The molecule has 1 N–H and O–H groups in total. The first-order chi connectivity index (χ1) is 10.1. The molecule has 0 spiro atoms. The summed E-state index contributed by atoms with van der Waals surface area (Å²) in [6.07, 6.45) is 1.12. The smallest absolute Gasteiger partial charge is 0.146 e. The number of hydrogen-bond acceptors (Lipinski definition) is 3. The zero-order valence-electron chi connectivity index (χ0n) is 12.8. The van der Waals surface area contributed by atoms with Gasteiger partial charge in [-0.15, -0.1) is 0 Å². The summed E-state index contributed by atoms with van der Waals surface area (Å²) in [7, 11) is 0. The fraction of sp³-hybridized carbons (Fsp3) is 0.412. The molecule has 21 heavy (non-hydrogen) atoms. The first kappa shape index (κ1) is 15.9. The molecule has 2 aromatic rings. The predicted molar refractivity (Wildman–Crippen MR) is 86.0 cm³/mol. The second-order valence-electron chi connectivity index (χ2n) is 5.19. The van der Waals surface area contributed by atoms with Crippen LogP contribution in [0.5, 0.6) is 5.75 Å². The lowest BCUT2D eigenvalue weighted by Crippen LogP contribution is -2.13. The molecule has 0 atom stereocenters. The Morgan fingerprint density at radius 3 is 2.81 bits per heavy atom. The van der Waals surface area contributed by atoms with Crippen LogP contribution >= 0.6 is 11.6 Å². The average Bonchev–Trinajstić information content (AvgIpc) is 2.81. The third-order valence-corrected chi connectivity index (χ3v) is 3.58. The molecule has 0 fully saturated rings. The molecule has 1 heterocycles. The molecule has 0 aliphatic heterocycles. The summed E-state index contributed by atoms with van der Waals surface area (Å²) in [4.78, 5) is 0. The van der Waals surface area contributed by atoms with E-state index < -0.39 is 0 Å². The van der Waals surface area contributed by atoms with Gasteiger partial charge < -0.3 is 14.5 Å². The maximum atomic E-state index is 6.12. The molecule has 1 aromatic carbocycles. The summed E-state index contributed by atoms with van der Waals surface area (Å²) >= 11 is 6.12. The molecule has 0 saturated carbocycles. The summed E-state index contributed by atoms with van der Waals surface area (Å²) in [5.41, 5.74) is 2.30. The van der Waals surface area contributed by atoms with E-state index in [-0.39, 0.29) is 0 Å². The normalized spacial score (nSPS) is 10.9. The van der Waals surface area contributed by atoms with Crippen LogP contribution in [0.15, 0.2) is 28.7 Å². The average molecular weight is 308 g/mol. The molecule has 0 aliphatic carbocycles. The highest BCUT2D eigenvalue weighted by Gasteiger charge is 2.09. The predicted octanol–water partition coefficient (Wildman–Crippen LogP) is 4.63. The van der Waals surface area contributed by atoms with E-state index in [4.69, 9.17) is 20.8 Å².